The number of carbonyl (C=O) groups excluding carboxylic acids is 1. The smallest absolute Gasteiger partial charge is 0.404 e. The van der Waals surface area contributed by atoms with Crippen LogP contribution in [0.25, 0.3) is 0 Å². The zero-order chi connectivity index (χ0) is 8.48. The van der Waals surface area contributed by atoms with Crippen LogP contribution in [0.15, 0.2) is 0 Å². The van der Waals surface area contributed by atoms with Crippen molar-refractivity contribution in [2.45, 2.75) is 12.5 Å². The topological polar surface area (TPSA) is 60.4 Å². The maximum atomic E-state index is 10.8. The minimum Gasteiger partial charge on any atom is -0.449 e. The van der Waals surface area contributed by atoms with Crippen molar-refractivity contribution in [1.82, 2.24) is 0 Å². The molecule has 1 aliphatic heterocycles. The molecule has 1 aliphatic rings. The van der Waals surface area contributed by atoms with Crippen molar-refractivity contribution in [2.75, 3.05) is 11.5 Å². The number of hydrogen-bond donors (Lipinski definition) is 0. The molecular weight excluding hydrogens is 192 g/mol. The second kappa shape index (κ2) is 2.98. The molecule has 0 saturated carbocycles. The zero-order valence-corrected chi connectivity index (χ0v) is 7.19. The predicted octanol–water partition coefficient (Wildman–Crippen LogP) is 0.549. The normalized spacial score (nSPS) is 28.3. The van der Waals surface area contributed by atoms with Crippen LogP contribution < -0.4 is 0 Å². The molecule has 1 heterocycles. The van der Waals surface area contributed by atoms with E-state index in [9.17, 15) is 13.2 Å². The molecule has 0 unspecified atom stereocenters. The maximum Gasteiger partial charge on any atom is 0.404 e. The van der Waals surface area contributed by atoms with Crippen LogP contribution in [0.3, 0.4) is 0 Å². The molecule has 64 valence electrons. The highest BCUT2D eigenvalue weighted by atomic mass is 35.5. The van der Waals surface area contributed by atoms with Gasteiger partial charge < -0.3 is 4.74 Å². The van der Waals surface area contributed by atoms with Gasteiger partial charge in [-0.05, 0) is 6.42 Å². The molecule has 11 heavy (non-hydrogen) atoms. The van der Waals surface area contributed by atoms with Gasteiger partial charge in [-0.1, -0.05) is 0 Å². The molecule has 0 radical (unpaired) electrons. The summed E-state index contributed by atoms with van der Waals surface area (Å²) < 4.78 is 26.1. The summed E-state index contributed by atoms with van der Waals surface area (Å²) in [6, 6.07) is 0. The first-order valence-corrected chi connectivity index (χ1v) is 5.26. The molecule has 0 spiro atoms. The Morgan fingerprint density at radius 1 is 1.55 bits per heavy atom. The Bertz CT molecular complexity index is 258. The van der Waals surface area contributed by atoms with Gasteiger partial charge >= 0.3 is 5.43 Å². The van der Waals surface area contributed by atoms with Crippen molar-refractivity contribution >= 4 is 26.9 Å². The van der Waals surface area contributed by atoms with Crippen molar-refractivity contribution in [3.8, 4) is 0 Å². The van der Waals surface area contributed by atoms with Crippen molar-refractivity contribution in [2.24, 2.45) is 0 Å². The lowest BCUT2D eigenvalue weighted by Gasteiger charge is -2.04. The first-order valence-electron chi connectivity index (χ1n) is 3.06. The first-order chi connectivity index (χ1) is 4.99. The van der Waals surface area contributed by atoms with Crippen LogP contribution in [0.2, 0.25) is 0 Å². The Kier molecular flexibility index (Phi) is 2.39. The van der Waals surface area contributed by atoms with Crippen molar-refractivity contribution < 1.29 is 17.9 Å². The van der Waals surface area contributed by atoms with Crippen LogP contribution in [0.5, 0.6) is 0 Å². The Hall–Kier alpha value is -0.290. The largest absolute Gasteiger partial charge is 0.449 e. The maximum absolute atomic E-state index is 10.8. The summed E-state index contributed by atoms with van der Waals surface area (Å²) in [5.41, 5.74) is -0.938. The standard InChI is InChI=1S/C5H7ClO4S/c6-5(7)10-4-1-2-11(8,9)3-4/h4H,1-3H2/t4-/m0/s1. The van der Waals surface area contributed by atoms with E-state index in [4.69, 9.17) is 11.6 Å². The van der Waals surface area contributed by atoms with Gasteiger partial charge in [0.05, 0.1) is 11.5 Å². The number of ether oxygens (including phenoxy) is 1. The molecule has 0 aromatic heterocycles. The molecular formula is C5H7ClO4S. The highest BCUT2D eigenvalue weighted by molar-refractivity contribution is 7.91. The SMILES string of the molecule is O=C(Cl)O[C@H]1CCS(=O)(=O)C1. The van der Waals surface area contributed by atoms with E-state index in [1.54, 1.807) is 0 Å². The lowest BCUT2D eigenvalue weighted by molar-refractivity contribution is 0.135. The number of rotatable bonds is 1. The third-order valence-corrected chi connectivity index (χ3v) is 3.28. The Morgan fingerprint density at radius 2 is 2.18 bits per heavy atom. The monoisotopic (exact) mass is 198 g/mol. The zero-order valence-electron chi connectivity index (χ0n) is 5.62. The second-order valence-electron chi connectivity index (χ2n) is 2.38. The van der Waals surface area contributed by atoms with Crippen LogP contribution in [0.1, 0.15) is 6.42 Å². The van der Waals surface area contributed by atoms with E-state index in [0.717, 1.165) is 0 Å². The van der Waals surface area contributed by atoms with Crippen LogP contribution in [-0.2, 0) is 14.6 Å². The molecule has 0 aromatic carbocycles. The van der Waals surface area contributed by atoms with Crippen LogP contribution >= 0.6 is 11.6 Å². The van der Waals surface area contributed by atoms with E-state index in [-0.39, 0.29) is 11.5 Å². The van der Waals surface area contributed by atoms with E-state index < -0.39 is 21.4 Å². The first kappa shape index (κ1) is 8.80. The summed E-state index contributed by atoms with van der Waals surface area (Å²) in [7, 11) is -2.98. The van der Waals surface area contributed by atoms with E-state index in [2.05, 4.69) is 4.74 Å². The molecule has 1 atom stereocenters. The molecule has 0 N–H and O–H groups in total. The minimum absolute atomic E-state index is 0.0852. The molecule has 0 bridgehead atoms. The van der Waals surface area contributed by atoms with Gasteiger partial charge in [0.15, 0.2) is 9.84 Å². The molecule has 1 saturated heterocycles. The average Bonchev–Trinajstić information content (AvgIpc) is 2.08. The van der Waals surface area contributed by atoms with E-state index in [0.29, 0.717) is 6.42 Å². The Labute approximate surface area is 69.4 Å². The van der Waals surface area contributed by atoms with Gasteiger partial charge in [-0.25, -0.2) is 13.2 Å². The highest BCUT2D eigenvalue weighted by Crippen LogP contribution is 2.15. The van der Waals surface area contributed by atoms with Crippen molar-refractivity contribution in [3.05, 3.63) is 0 Å². The van der Waals surface area contributed by atoms with Crippen molar-refractivity contribution in [1.29, 1.82) is 0 Å². The van der Waals surface area contributed by atoms with E-state index in [1.165, 1.54) is 0 Å². The summed E-state index contributed by atoms with van der Waals surface area (Å²) in [6.45, 7) is 0. The molecule has 0 aromatic rings. The Balaban J connectivity index is 2.49. The third kappa shape index (κ3) is 2.67. The lowest BCUT2D eigenvalue weighted by atomic mass is 10.3. The van der Waals surface area contributed by atoms with Gasteiger partial charge in [-0.2, -0.15) is 0 Å². The van der Waals surface area contributed by atoms with E-state index in [1.807, 2.05) is 0 Å². The molecule has 1 fully saturated rings. The third-order valence-electron chi connectivity index (χ3n) is 1.45. The lowest BCUT2D eigenvalue weighted by Crippen LogP contribution is -2.15. The fraction of sp³-hybridized carbons (Fsp3) is 0.800. The Morgan fingerprint density at radius 3 is 2.55 bits per heavy atom. The van der Waals surface area contributed by atoms with Crippen LogP contribution in [0.4, 0.5) is 4.79 Å². The summed E-state index contributed by atoms with van der Waals surface area (Å²) in [4.78, 5) is 10.2. The second-order valence-corrected chi connectivity index (χ2v) is 4.92. The fourth-order valence-corrected chi connectivity index (χ4v) is 2.70. The summed E-state index contributed by atoms with van der Waals surface area (Å²) in [5.74, 6) is -0.00665. The molecule has 1 rings (SSSR count). The molecule has 4 nitrogen and oxygen atoms in total. The van der Waals surface area contributed by atoms with Crippen LogP contribution in [-0.4, -0.2) is 31.5 Å². The number of halogens is 1. The molecule has 6 heteroatoms. The van der Waals surface area contributed by atoms with Gasteiger partial charge in [-0.15, -0.1) is 0 Å². The van der Waals surface area contributed by atoms with Gasteiger partial charge in [0, 0.05) is 11.6 Å². The summed E-state index contributed by atoms with van der Waals surface area (Å²) >= 11 is 4.89. The fourth-order valence-electron chi connectivity index (χ4n) is 0.985. The van der Waals surface area contributed by atoms with Gasteiger partial charge in [-0.3, -0.25) is 0 Å². The molecule has 0 amide bonds. The summed E-state index contributed by atoms with van der Waals surface area (Å²) in [6.07, 6.45) is -0.175. The number of sulfone groups is 1. The van der Waals surface area contributed by atoms with Gasteiger partial charge in [0.1, 0.15) is 6.10 Å². The quantitative estimate of drug-likeness (QED) is 0.578. The highest BCUT2D eigenvalue weighted by Gasteiger charge is 2.30. The van der Waals surface area contributed by atoms with Gasteiger partial charge in [0.2, 0.25) is 0 Å². The number of hydrogen-bond acceptors (Lipinski definition) is 4. The summed E-state index contributed by atoms with van der Waals surface area (Å²) in [5, 5.41) is 0. The van der Waals surface area contributed by atoms with Gasteiger partial charge in [0.25, 0.3) is 0 Å². The van der Waals surface area contributed by atoms with Crippen molar-refractivity contribution in [3.63, 3.8) is 0 Å². The predicted molar refractivity (Wildman–Crippen MR) is 39.4 cm³/mol. The molecule has 0 aliphatic carbocycles. The number of carbonyl (C=O) groups is 1. The minimum atomic E-state index is -2.98. The van der Waals surface area contributed by atoms with Crippen LogP contribution in [0, 0.1) is 0 Å². The average molecular weight is 199 g/mol. The van der Waals surface area contributed by atoms with E-state index >= 15 is 0 Å².